The van der Waals surface area contributed by atoms with E-state index in [1.807, 2.05) is 0 Å². The molecule has 0 aliphatic heterocycles. The first kappa shape index (κ1) is 19.2. The van der Waals surface area contributed by atoms with Crippen LogP contribution in [-0.4, -0.2) is 42.2 Å². The molecular weight excluding hydrogens is 386 g/mol. The second-order valence-corrected chi connectivity index (χ2v) is 7.79. The number of aliphatic carboxylic acids is 1. The first-order valence-electron chi connectivity index (χ1n) is 6.97. The Bertz CT molecular complexity index is 852. The zero-order valence-corrected chi connectivity index (χ0v) is 15.3. The summed E-state index contributed by atoms with van der Waals surface area (Å²) in [6.07, 6.45) is -0.166. The van der Waals surface area contributed by atoms with E-state index in [-0.39, 0.29) is 22.2 Å². The molecule has 3 N–H and O–H groups in total. The molecule has 2 aromatic rings. The normalized spacial score (nSPS) is 12.4. The molecule has 1 aromatic heterocycles. The van der Waals surface area contributed by atoms with Gasteiger partial charge >= 0.3 is 5.97 Å². The van der Waals surface area contributed by atoms with Gasteiger partial charge in [0.15, 0.2) is 5.13 Å². The number of carbonyl (C=O) groups excluding carboxylic acids is 1. The number of nitrogens with one attached hydrogen (secondary N) is 2. The minimum atomic E-state index is -3.75. The smallest absolute Gasteiger partial charge is 0.327 e. The van der Waals surface area contributed by atoms with Crippen molar-refractivity contribution in [3.8, 4) is 0 Å². The van der Waals surface area contributed by atoms with Crippen LogP contribution in [0.1, 0.15) is 5.69 Å². The van der Waals surface area contributed by atoms with E-state index in [2.05, 4.69) is 27.7 Å². The molecule has 0 aliphatic rings. The van der Waals surface area contributed by atoms with Crippen molar-refractivity contribution < 1.29 is 23.1 Å². The molecule has 0 saturated carbocycles. The minimum absolute atomic E-state index is 0.0414. The Morgan fingerprint density at radius 3 is 2.56 bits per heavy atom. The Kier molecular flexibility index (Phi) is 6.39. The first-order chi connectivity index (χ1) is 11.8. The van der Waals surface area contributed by atoms with Crippen molar-refractivity contribution in [3.05, 3.63) is 41.4 Å². The van der Waals surface area contributed by atoms with Crippen molar-refractivity contribution in [2.45, 2.75) is 17.4 Å². The predicted molar refractivity (Wildman–Crippen MR) is 96.5 cm³/mol. The highest BCUT2D eigenvalue weighted by molar-refractivity contribution is 7.93. The van der Waals surface area contributed by atoms with Crippen molar-refractivity contribution in [1.29, 1.82) is 0 Å². The summed E-state index contributed by atoms with van der Waals surface area (Å²) in [4.78, 5) is 26.8. The number of anilines is 1. The number of hydrogen-bond acceptors (Lipinski definition) is 7. The second-order valence-electron chi connectivity index (χ2n) is 4.88. The average molecular weight is 401 g/mol. The molecule has 0 aliphatic carbocycles. The lowest BCUT2D eigenvalue weighted by molar-refractivity contribution is -0.141. The Morgan fingerprint density at radius 2 is 1.96 bits per heavy atom. The van der Waals surface area contributed by atoms with Gasteiger partial charge in [0.2, 0.25) is 5.91 Å². The van der Waals surface area contributed by atoms with E-state index in [1.165, 1.54) is 17.5 Å². The van der Waals surface area contributed by atoms with E-state index in [1.54, 1.807) is 18.2 Å². The molecule has 25 heavy (non-hydrogen) atoms. The second kappa shape index (κ2) is 8.32. The average Bonchev–Trinajstić information content (AvgIpc) is 2.99. The molecule has 0 bridgehead atoms. The van der Waals surface area contributed by atoms with Crippen LogP contribution >= 0.6 is 24.0 Å². The number of carbonyl (C=O) groups is 2. The molecule has 1 atom stereocenters. The topological polar surface area (TPSA) is 125 Å². The zero-order chi connectivity index (χ0) is 18.4. The van der Waals surface area contributed by atoms with Crippen LogP contribution in [-0.2, 0) is 26.0 Å². The highest BCUT2D eigenvalue weighted by Gasteiger charge is 2.20. The van der Waals surface area contributed by atoms with Crippen molar-refractivity contribution >= 4 is 51.0 Å². The number of aromatic nitrogens is 1. The van der Waals surface area contributed by atoms with Crippen molar-refractivity contribution in [3.63, 3.8) is 0 Å². The van der Waals surface area contributed by atoms with Crippen LogP contribution in [0.3, 0.4) is 0 Å². The summed E-state index contributed by atoms with van der Waals surface area (Å²) < 4.78 is 26.7. The van der Waals surface area contributed by atoms with Crippen LogP contribution in [0.15, 0.2) is 40.6 Å². The lowest BCUT2D eigenvalue weighted by atomic mass is 10.3. The maximum absolute atomic E-state index is 12.2. The number of amides is 1. The van der Waals surface area contributed by atoms with E-state index in [9.17, 15) is 18.0 Å². The molecule has 0 radical (unpaired) electrons. The van der Waals surface area contributed by atoms with E-state index < -0.39 is 27.9 Å². The van der Waals surface area contributed by atoms with Gasteiger partial charge in [-0.15, -0.1) is 11.3 Å². The molecule has 0 spiro atoms. The molecule has 1 unspecified atom stereocenters. The van der Waals surface area contributed by atoms with Gasteiger partial charge in [0, 0.05) is 11.1 Å². The van der Waals surface area contributed by atoms with Crippen molar-refractivity contribution in [2.75, 3.05) is 10.5 Å². The molecule has 1 heterocycles. The predicted octanol–water partition coefficient (Wildman–Crippen LogP) is 0.986. The number of carboxylic acids is 1. The fraction of sp³-hybridized carbons (Fsp3) is 0.214. The molecule has 134 valence electrons. The molecule has 11 heteroatoms. The molecule has 0 saturated heterocycles. The summed E-state index contributed by atoms with van der Waals surface area (Å²) in [5.41, 5.74) is 0.330. The van der Waals surface area contributed by atoms with Gasteiger partial charge < -0.3 is 10.4 Å². The minimum Gasteiger partial charge on any atom is -0.480 e. The Morgan fingerprint density at radius 1 is 1.28 bits per heavy atom. The van der Waals surface area contributed by atoms with Gasteiger partial charge in [-0.05, 0) is 12.1 Å². The number of rotatable bonds is 8. The third-order valence-electron chi connectivity index (χ3n) is 2.98. The van der Waals surface area contributed by atoms with Gasteiger partial charge in [0.1, 0.15) is 6.04 Å². The van der Waals surface area contributed by atoms with Crippen LogP contribution in [0.2, 0.25) is 0 Å². The molecule has 2 rings (SSSR count). The Labute approximate surface area is 153 Å². The first-order valence-corrected chi connectivity index (χ1v) is 9.96. The van der Waals surface area contributed by atoms with Crippen LogP contribution in [0.4, 0.5) is 5.13 Å². The standard InChI is InChI=1S/C14H15N3O5S3/c18-12(16-11(7-23)13(19)20)6-9-8-24-14(15-9)17-25(21,22)10-4-2-1-3-5-10/h1-5,8,11,23H,6-7H2,(H,15,17)(H,16,18)(H,19,20). The van der Waals surface area contributed by atoms with E-state index in [0.29, 0.717) is 5.69 Å². The lowest BCUT2D eigenvalue weighted by Gasteiger charge is -2.10. The lowest BCUT2D eigenvalue weighted by Crippen LogP contribution is -2.42. The Balaban J connectivity index is 2.01. The third kappa shape index (κ3) is 5.44. The van der Waals surface area contributed by atoms with Gasteiger partial charge in [0.05, 0.1) is 17.0 Å². The molecule has 8 nitrogen and oxygen atoms in total. The van der Waals surface area contributed by atoms with Crippen LogP contribution < -0.4 is 10.0 Å². The maximum Gasteiger partial charge on any atom is 0.327 e. The van der Waals surface area contributed by atoms with Crippen LogP contribution in [0.5, 0.6) is 0 Å². The van der Waals surface area contributed by atoms with Crippen LogP contribution in [0.25, 0.3) is 0 Å². The number of carboxylic acid groups (broad SMARTS) is 1. The quantitative estimate of drug-likeness (QED) is 0.489. The van der Waals surface area contributed by atoms with Crippen molar-refractivity contribution in [2.24, 2.45) is 0 Å². The molecule has 1 aromatic carbocycles. The third-order valence-corrected chi connectivity index (χ3v) is 5.64. The fourth-order valence-corrected chi connectivity index (χ4v) is 4.04. The number of thiazole rings is 1. The Hall–Kier alpha value is -2.11. The van der Waals surface area contributed by atoms with Gasteiger partial charge in [-0.3, -0.25) is 9.52 Å². The summed E-state index contributed by atoms with van der Waals surface area (Å²) in [6.45, 7) is 0. The summed E-state index contributed by atoms with van der Waals surface area (Å²) in [5, 5.41) is 12.8. The summed E-state index contributed by atoms with van der Waals surface area (Å²) in [5.74, 6) is -1.76. The van der Waals surface area contributed by atoms with E-state index in [0.717, 1.165) is 11.3 Å². The highest BCUT2D eigenvalue weighted by Crippen LogP contribution is 2.20. The van der Waals surface area contributed by atoms with Crippen LogP contribution in [0, 0.1) is 0 Å². The fourth-order valence-electron chi connectivity index (χ4n) is 1.80. The van der Waals surface area contributed by atoms with Gasteiger partial charge in [-0.2, -0.15) is 12.6 Å². The summed E-state index contributed by atoms with van der Waals surface area (Å²) in [6, 6.07) is 6.72. The van der Waals surface area contributed by atoms with Gasteiger partial charge in [-0.25, -0.2) is 18.2 Å². The largest absolute Gasteiger partial charge is 0.480 e. The molecule has 0 fully saturated rings. The number of thiol groups is 1. The highest BCUT2D eigenvalue weighted by atomic mass is 32.2. The zero-order valence-electron chi connectivity index (χ0n) is 12.7. The number of benzene rings is 1. The molecular formula is C14H15N3O5S3. The number of hydrogen-bond donors (Lipinski definition) is 4. The molecule has 1 amide bonds. The SMILES string of the molecule is O=C(Cc1csc(NS(=O)(=O)c2ccccc2)n1)NC(CS)C(=O)O. The van der Waals surface area contributed by atoms with E-state index >= 15 is 0 Å². The van der Waals surface area contributed by atoms with Gasteiger partial charge in [-0.1, -0.05) is 18.2 Å². The maximum atomic E-state index is 12.2. The van der Waals surface area contributed by atoms with Crippen molar-refractivity contribution in [1.82, 2.24) is 10.3 Å². The van der Waals surface area contributed by atoms with Gasteiger partial charge in [0.25, 0.3) is 10.0 Å². The summed E-state index contributed by atoms with van der Waals surface area (Å²) in [7, 11) is -3.75. The van der Waals surface area contributed by atoms with E-state index in [4.69, 9.17) is 5.11 Å². The number of nitrogens with zero attached hydrogens (tertiary/aromatic N) is 1. The monoisotopic (exact) mass is 401 g/mol. The number of sulfonamides is 1. The summed E-state index contributed by atoms with van der Waals surface area (Å²) >= 11 is 4.89.